The summed E-state index contributed by atoms with van der Waals surface area (Å²) >= 11 is 10.5. The van der Waals surface area contributed by atoms with Crippen LogP contribution in [0.1, 0.15) is 26.4 Å². The quantitative estimate of drug-likeness (QED) is 0.0908. The predicted molar refractivity (Wildman–Crippen MR) is 219 cm³/mol. The maximum absolute atomic E-state index is 10.0. The van der Waals surface area contributed by atoms with Gasteiger partial charge in [-0.2, -0.15) is 5.26 Å². The molecule has 0 bridgehead atoms. The highest BCUT2D eigenvalue weighted by atomic mass is 35.5. The maximum atomic E-state index is 10.0. The van der Waals surface area contributed by atoms with Gasteiger partial charge in [-0.1, -0.05) is 41.9 Å². The number of fused-ring (bicyclic) bond motifs is 1. The topological polar surface area (TPSA) is 79.2 Å². The van der Waals surface area contributed by atoms with Crippen LogP contribution in [0.3, 0.4) is 0 Å². The maximum Gasteiger partial charge on any atom is 0.103 e. The fraction of sp³-hybridized carbons (Fsp3) is 0.268. The van der Waals surface area contributed by atoms with Crippen LogP contribution in [-0.2, 0) is 13.1 Å². The molecule has 0 saturated heterocycles. The smallest absolute Gasteiger partial charge is 0.103 e. The van der Waals surface area contributed by atoms with Gasteiger partial charge in [0.05, 0.1) is 27.5 Å². The van der Waals surface area contributed by atoms with Crippen molar-refractivity contribution in [2.45, 2.75) is 26.9 Å². The fourth-order valence-corrected chi connectivity index (χ4v) is 8.16. The number of aryl methyl sites for hydroxylation is 2. The summed E-state index contributed by atoms with van der Waals surface area (Å²) in [5.74, 6) is 0. The normalized spacial score (nSPS) is 11.3. The minimum atomic E-state index is 0.469. The minimum absolute atomic E-state index is 0.469. The molecule has 51 heavy (non-hydrogen) atoms. The molecule has 3 heterocycles. The molecule has 3 N–H and O–H groups in total. The highest BCUT2D eigenvalue weighted by Gasteiger charge is 2.16. The number of anilines is 3. The van der Waals surface area contributed by atoms with Crippen molar-refractivity contribution < 1.29 is 0 Å². The molecule has 0 fully saturated rings. The van der Waals surface area contributed by atoms with Gasteiger partial charge < -0.3 is 25.8 Å². The van der Waals surface area contributed by atoms with Gasteiger partial charge >= 0.3 is 0 Å². The molecule has 0 aliphatic rings. The molecule has 3 aromatic carbocycles. The van der Waals surface area contributed by atoms with E-state index in [1.807, 2.05) is 13.0 Å². The minimum Gasteiger partial charge on any atom is -0.373 e. The molecule has 0 unspecified atom stereocenters. The molecule has 0 saturated carbocycles. The first-order valence-corrected chi connectivity index (χ1v) is 19.2. The molecule has 0 spiro atoms. The van der Waals surface area contributed by atoms with Crippen molar-refractivity contribution in [3.05, 3.63) is 115 Å². The first kappa shape index (κ1) is 36.5. The summed E-state index contributed by atoms with van der Waals surface area (Å²) in [6, 6.07) is 25.7. The van der Waals surface area contributed by atoms with Gasteiger partial charge in [-0.3, -0.25) is 4.98 Å². The van der Waals surface area contributed by atoms with E-state index < -0.39 is 0 Å². The van der Waals surface area contributed by atoms with Crippen LogP contribution in [-0.4, -0.2) is 57.2 Å². The number of aromatic nitrogens is 1. The molecule has 0 aliphatic carbocycles. The number of nitriles is 1. The van der Waals surface area contributed by atoms with Crippen LogP contribution in [0, 0.1) is 25.2 Å². The van der Waals surface area contributed by atoms with E-state index in [-0.39, 0.29) is 0 Å². The Kier molecular flexibility index (Phi) is 12.1. The second kappa shape index (κ2) is 16.8. The summed E-state index contributed by atoms with van der Waals surface area (Å²) in [6.07, 6.45) is 1.64. The number of hydrogen-bond donors (Lipinski definition) is 3. The van der Waals surface area contributed by atoms with Crippen LogP contribution in [0.25, 0.3) is 33.2 Å². The van der Waals surface area contributed by atoms with Gasteiger partial charge in [-0.05, 0) is 108 Å². The number of para-hydroxylation sites is 1. The van der Waals surface area contributed by atoms with Crippen LogP contribution in [0.5, 0.6) is 0 Å². The summed E-state index contributed by atoms with van der Waals surface area (Å²) in [5.41, 5.74) is 10.8. The van der Waals surface area contributed by atoms with Crippen LogP contribution in [0.15, 0.2) is 83.7 Å². The van der Waals surface area contributed by atoms with Crippen molar-refractivity contribution in [1.82, 2.24) is 20.5 Å². The second-order valence-electron chi connectivity index (χ2n) is 13.1. The number of hydrogen-bond acceptors (Lipinski definition) is 9. The van der Waals surface area contributed by atoms with E-state index in [0.717, 1.165) is 83.7 Å². The molecule has 6 aromatic rings. The van der Waals surface area contributed by atoms with Crippen molar-refractivity contribution in [2.75, 3.05) is 57.5 Å². The van der Waals surface area contributed by atoms with Crippen LogP contribution >= 0.6 is 34.3 Å². The molecule has 3 aromatic heterocycles. The standard InChI is InChI=1S/C41H44ClN7S2/c1-27-8-6-7-9-39(27)49(5)15-13-45-24-34-17-31(25-50-34)29-10-11-36-38(20-29)46-22-33(21-43)41(36)47-40-28(2)16-30(19-37(40)42)32-18-35(51-26-32)23-44-12-14-48(3)4/h6-11,16-20,22,25-26,44-45H,12-15,23-24H2,1-5H3,(H,46,47). The van der Waals surface area contributed by atoms with E-state index in [1.165, 1.54) is 21.0 Å². The summed E-state index contributed by atoms with van der Waals surface area (Å²) < 4.78 is 0. The lowest BCUT2D eigenvalue weighted by Crippen LogP contribution is -2.29. The number of nitrogens with one attached hydrogen (secondary N) is 3. The number of nitrogens with zero attached hydrogens (tertiary/aromatic N) is 4. The molecule has 7 nitrogen and oxygen atoms in total. The van der Waals surface area contributed by atoms with Gasteiger partial charge in [0.2, 0.25) is 0 Å². The van der Waals surface area contributed by atoms with Gasteiger partial charge in [0.25, 0.3) is 0 Å². The Balaban J connectivity index is 1.14. The van der Waals surface area contributed by atoms with Gasteiger partial charge in [-0.15, -0.1) is 22.7 Å². The summed E-state index contributed by atoms with van der Waals surface area (Å²) in [6.45, 7) is 9.64. The highest BCUT2D eigenvalue weighted by Crippen LogP contribution is 2.39. The third-order valence-corrected chi connectivity index (χ3v) is 11.2. The van der Waals surface area contributed by atoms with E-state index in [1.54, 1.807) is 28.9 Å². The SMILES string of the molecule is Cc1ccccc1N(C)CCNCc1cc(-c2ccc3c(Nc4c(C)cc(-c5csc(CNCCN(C)C)c5)cc4Cl)c(C#N)cnc3c2)cs1. The Bertz CT molecular complexity index is 2140. The molecule has 0 radical (unpaired) electrons. The number of benzene rings is 3. The monoisotopic (exact) mass is 733 g/mol. The van der Waals surface area contributed by atoms with E-state index in [9.17, 15) is 5.26 Å². The van der Waals surface area contributed by atoms with Crippen molar-refractivity contribution in [3.63, 3.8) is 0 Å². The Morgan fingerprint density at radius 2 is 1.45 bits per heavy atom. The van der Waals surface area contributed by atoms with Gasteiger partial charge in [-0.25, -0.2) is 0 Å². The Labute approximate surface area is 314 Å². The molecule has 10 heteroatoms. The third-order valence-electron chi connectivity index (χ3n) is 8.99. The molecule has 0 amide bonds. The molecule has 0 aliphatic heterocycles. The largest absolute Gasteiger partial charge is 0.373 e. The van der Waals surface area contributed by atoms with E-state index in [2.05, 4.69) is 136 Å². The lowest BCUT2D eigenvalue weighted by atomic mass is 10.0. The Hall–Kier alpha value is -4.27. The number of thiophene rings is 2. The lowest BCUT2D eigenvalue weighted by Gasteiger charge is -2.21. The van der Waals surface area contributed by atoms with Gasteiger partial charge in [0.15, 0.2) is 0 Å². The van der Waals surface area contributed by atoms with Gasteiger partial charge in [0, 0.05) is 73.3 Å². The van der Waals surface area contributed by atoms with Crippen molar-refractivity contribution >= 4 is 62.2 Å². The average molecular weight is 734 g/mol. The van der Waals surface area contributed by atoms with E-state index in [0.29, 0.717) is 16.3 Å². The molecular weight excluding hydrogens is 690 g/mol. The molecular formula is C41H44ClN7S2. The zero-order valence-corrected chi connectivity index (χ0v) is 32.2. The zero-order valence-electron chi connectivity index (χ0n) is 29.8. The van der Waals surface area contributed by atoms with E-state index in [4.69, 9.17) is 11.6 Å². The first-order chi connectivity index (χ1) is 24.7. The second-order valence-corrected chi connectivity index (χ2v) is 15.5. The summed E-state index contributed by atoms with van der Waals surface area (Å²) in [4.78, 5) is 11.7. The first-order valence-electron chi connectivity index (χ1n) is 17.1. The number of likely N-dealkylation sites (N-methyl/N-ethyl adjacent to an activating group) is 2. The van der Waals surface area contributed by atoms with Gasteiger partial charge in [0.1, 0.15) is 6.07 Å². The lowest BCUT2D eigenvalue weighted by molar-refractivity contribution is 0.400. The fourth-order valence-electron chi connectivity index (χ4n) is 6.12. The van der Waals surface area contributed by atoms with Crippen molar-refractivity contribution in [2.24, 2.45) is 0 Å². The number of pyridine rings is 1. The number of rotatable bonds is 15. The van der Waals surface area contributed by atoms with E-state index >= 15 is 0 Å². The van der Waals surface area contributed by atoms with Crippen LogP contribution < -0.4 is 20.9 Å². The number of halogens is 1. The summed E-state index contributed by atoms with van der Waals surface area (Å²) in [5, 5.41) is 26.5. The third kappa shape index (κ3) is 8.97. The molecule has 6 rings (SSSR count). The van der Waals surface area contributed by atoms with Crippen molar-refractivity contribution in [3.8, 4) is 28.3 Å². The van der Waals surface area contributed by atoms with Crippen molar-refractivity contribution in [1.29, 1.82) is 5.26 Å². The van der Waals surface area contributed by atoms with Crippen LogP contribution in [0.4, 0.5) is 17.1 Å². The molecule has 0 atom stereocenters. The zero-order chi connectivity index (χ0) is 35.9. The molecule has 262 valence electrons. The predicted octanol–water partition coefficient (Wildman–Crippen LogP) is 9.45. The Morgan fingerprint density at radius 3 is 2.12 bits per heavy atom. The highest BCUT2D eigenvalue weighted by molar-refractivity contribution is 7.10. The summed E-state index contributed by atoms with van der Waals surface area (Å²) in [7, 11) is 6.31. The Morgan fingerprint density at radius 1 is 0.765 bits per heavy atom. The average Bonchev–Trinajstić information content (AvgIpc) is 3.80. The van der Waals surface area contributed by atoms with Crippen LogP contribution in [0.2, 0.25) is 5.02 Å².